The second-order valence-corrected chi connectivity index (χ2v) is 7.29. The average molecular weight is 325 g/mol. The summed E-state index contributed by atoms with van der Waals surface area (Å²) < 4.78 is 1.84. The van der Waals surface area contributed by atoms with Crippen molar-refractivity contribution >= 4 is 23.2 Å². The Morgan fingerprint density at radius 1 is 1.10 bits per heavy atom. The Morgan fingerprint density at radius 2 is 1.62 bits per heavy atom. The van der Waals surface area contributed by atoms with E-state index in [9.17, 15) is 0 Å². The number of halogens is 2. The predicted octanol–water partition coefficient (Wildman–Crippen LogP) is 5.49. The van der Waals surface area contributed by atoms with E-state index >= 15 is 0 Å². The summed E-state index contributed by atoms with van der Waals surface area (Å²) in [4.78, 5) is 0. The average Bonchev–Trinajstić information content (AvgIpc) is 2.65. The van der Waals surface area contributed by atoms with E-state index in [1.165, 1.54) is 16.7 Å². The lowest BCUT2D eigenvalue weighted by Gasteiger charge is -2.16. The summed E-state index contributed by atoms with van der Waals surface area (Å²) in [6.45, 7) is 12.6. The number of alkyl halides is 1. The molecule has 0 aliphatic heterocycles. The number of rotatable bonds is 2. The summed E-state index contributed by atoms with van der Waals surface area (Å²) in [5, 5.41) is 5.39. The SMILES string of the molecule is Cc1cc(C)c(-n2nc(C(C)(C)C)c(CCl)c2Cl)c(C)c1. The molecule has 21 heavy (non-hydrogen) atoms. The van der Waals surface area contributed by atoms with Gasteiger partial charge in [-0.05, 0) is 31.9 Å². The Kier molecular flexibility index (Phi) is 4.41. The van der Waals surface area contributed by atoms with E-state index in [0.717, 1.165) is 16.9 Å². The van der Waals surface area contributed by atoms with Gasteiger partial charge < -0.3 is 0 Å². The lowest BCUT2D eigenvalue weighted by Crippen LogP contribution is -2.14. The molecule has 114 valence electrons. The van der Waals surface area contributed by atoms with Crippen molar-refractivity contribution in [3.8, 4) is 5.69 Å². The van der Waals surface area contributed by atoms with Crippen molar-refractivity contribution < 1.29 is 0 Å². The lowest BCUT2D eigenvalue weighted by molar-refractivity contribution is 0.556. The molecule has 1 aromatic heterocycles. The molecule has 0 saturated carbocycles. The van der Waals surface area contributed by atoms with Crippen molar-refractivity contribution in [1.82, 2.24) is 9.78 Å². The lowest BCUT2D eigenvalue weighted by atomic mass is 9.90. The topological polar surface area (TPSA) is 17.8 Å². The first-order valence-corrected chi connectivity index (χ1v) is 8.00. The highest BCUT2D eigenvalue weighted by molar-refractivity contribution is 6.31. The van der Waals surface area contributed by atoms with Gasteiger partial charge in [0.1, 0.15) is 5.15 Å². The third-order valence-electron chi connectivity index (χ3n) is 3.61. The Labute approximate surface area is 137 Å². The van der Waals surface area contributed by atoms with Gasteiger partial charge in [-0.1, -0.05) is 50.1 Å². The molecule has 1 heterocycles. The van der Waals surface area contributed by atoms with Crippen LogP contribution in [0.25, 0.3) is 5.69 Å². The molecular weight excluding hydrogens is 303 g/mol. The highest BCUT2D eigenvalue weighted by atomic mass is 35.5. The summed E-state index contributed by atoms with van der Waals surface area (Å²) in [5.41, 5.74) is 6.41. The van der Waals surface area contributed by atoms with Crippen molar-refractivity contribution in [2.45, 2.75) is 52.8 Å². The Balaban J connectivity index is 2.75. The van der Waals surface area contributed by atoms with Crippen LogP contribution in [-0.2, 0) is 11.3 Å². The van der Waals surface area contributed by atoms with Crippen LogP contribution < -0.4 is 0 Å². The number of hydrogen-bond donors (Lipinski definition) is 0. The Bertz CT molecular complexity index is 656. The molecular formula is C17H22Cl2N2. The van der Waals surface area contributed by atoms with E-state index in [1.54, 1.807) is 0 Å². The van der Waals surface area contributed by atoms with Crippen molar-refractivity contribution in [2.75, 3.05) is 0 Å². The molecule has 2 nitrogen and oxygen atoms in total. The normalized spacial score (nSPS) is 12.0. The Morgan fingerprint density at radius 3 is 2.00 bits per heavy atom. The minimum atomic E-state index is -0.0916. The molecule has 0 fully saturated rings. The molecule has 0 saturated heterocycles. The van der Waals surface area contributed by atoms with Crippen LogP contribution in [0, 0.1) is 20.8 Å². The number of benzene rings is 1. The van der Waals surface area contributed by atoms with E-state index in [2.05, 4.69) is 53.7 Å². The van der Waals surface area contributed by atoms with Crippen molar-refractivity contribution in [2.24, 2.45) is 0 Å². The smallest absolute Gasteiger partial charge is 0.137 e. The Hall–Kier alpha value is -0.990. The molecule has 2 aromatic rings. The number of aryl methyl sites for hydroxylation is 3. The van der Waals surface area contributed by atoms with Crippen LogP contribution in [0.2, 0.25) is 5.15 Å². The van der Waals surface area contributed by atoms with Gasteiger partial charge >= 0.3 is 0 Å². The molecule has 4 heteroatoms. The van der Waals surface area contributed by atoms with Gasteiger partial charge in [-0.25, -0.2) is 4.68 Å². The second kappa shape index (κ2) is 5.66. The van der Waals surface area contributed by atoms with Crippen molar-refractivity contribution in [3.05, 3.63) is 45.2 Å². The van der Waals surface area contributed by atoms with Crippen LogP contribution in [0.15, 0.2) is 12.1 Å². The fraction of sp³-hybridized carbons (Fsp3) is 0.471. The highest BCUT2D eigenvalue weighted by Gasteiger charge is 2.26. The summed E-state index contributed by atoms with van der Waals surface area (Å²) in [7, 11) is 0. The van der Waals surface area contributed by atoms with Gasteiger partial charge in [0.05, 0.1) is 17.3 Å². The minimum absolute atomic E-state index is 0.0916. The van der Waals surface area contributed by atoms with Crippen LogP contribution in [0.3, 0.4) is 0 Å². The number of aromatic nitrogens is 2. The van der Waals surface area contributed by atoms with E-state index in [1.807, 2.05) is 4.68 Å². The van der Waals surface area contributed by atoms with Gasteiger partial charge in [0.15, 0.2) is 0 Å². The van der Waals surface area contributed by atoms with E-state index in [4.69, 9.17) is 28.3 Å². The summed E-state index contributed by atoms with van der Waals surface area (Å²) in [5.74, 6) is 0.370. The van der Waals surface area contributed by atoms with Crippen molar-refractivity contribution in [3.63, 3.8) is 0 Å². The van der Waals surface area contributed by atoms with Crippen LogP contribution in [0.4, 0.5) is 0 Å². The van der Waals surface area contributed by atoms with E-state index in [-0.39, 0.29) is 5.41 Å². The summed E-state index contributed by atoms with van der Waals surface area (Å²) in [6.07, 6.45) is 0. The summed E-state index contributed by atoms with van der Waals surface area (Å²) >= 11 is 12.7. The fourth-order valence-corrected chi connectivity index (χ4v) is 3.41. The molecule has 0 spiro atoms. The van der Waals surface area contributed by atoms with Gasteiger partial charge in [0.2, 0.25) is 0 Å². The zero-order valence-corrected chi connectivity index (χ0v) is 15.0. The first kappa shape index (κ1) is 16.4. The largest absolute Gasteiger partial charge is 0.221 e. The molecule has 0 bridgehead atoms. The highest BCUT2D eigenvalue weighted by Crippen LogP contribution is 2.34. The third kappa shape index (κ3) is 2.97. The zero-order valence-electron chi connectivity index (χ0n) is 13.5. The molecule has 0 radical (unpaired) electrons. The fourth-order valence-electron chi connectivity index (χ4n) is 2.81. The monoisotopic (exact) mass is 324 g/mol. The molecule has 1 aromatic carbocycles. The van der Waals surface area contributed by atoms with Crippen LogP contribution in [0.5, 0.6) is 0 Å². The van der Waals surface area contributed by atoms with Crippen LogP contribution in [0.1, 0.15) is 48.7 Å². The van der Waals surface area contributed by atoms with Gasteiger partial charge in [-0.15, -0.1) is 11.6 Å². The van der Waals surface area contributed by atoms with E-state index in [0.29, 0.717) is 11.0 Å². The van der Waals surface area contributed by atoms with Crippen LogP contribution in [-0.4, -0.2) is 9.78 Å². The van der Waals surface area contributed by atoms with Gasteiger partial charge in [0, 0.05) is 11.0 Å². The van der Waals surface area contributed by atoms with Gasteiger partial charge in [-0.3, -0.25) is 0 Å². The second-order valence-electron chi connectivity index (χ2n) is 6.66. The third-order valence-corrected chi connectivity index (χ3v) is 4.27. The standard InChI is InChI=1S/C17H22Cl2N2/c1-10-7-11(2)14(12(3)8-10)21-16(19)13(9-18)15(20-21)17(4,5)6/h7-8H,9H2,1-6H3. The molecule has 0 unspecified atom stereocenters. The first-order chi connectivity index (χ1) is 9.66. The molecule has 0 atom stereocenters. The quantitative estimate of drug-likeness (QED) is 0.668. The molecule has 0 N–H and O–H groups in total. The zero-order chi connectivity index (χ0) is 15.9. The number of nitrogens with zero attached hydrogens (tertiary/aromatic N) is 2. The van der Waals surface area contributed by atoms with Crippen LogP contribution >= 0.6 is 23.2 Å². The number of hydrogen-bond acceptors (Lipinski definition) is 1. The minimum Gasteiger partial charge on any atom is -0.221 e. The van der Waals surface area contributed by atoms with Gasteiger partial charge in [-0.2, -0.15) is 5.10 Å². The molecule has 0 aliphatic rings. The molecule has 0 amide bonds. The molecule has 0 aliphatic carbocycles. The molecule has 2 rings (SSSR count). The van der Waals surface area contributed by atoms with E-state index < -0.39 is 0 Å². The summed E-state index contributed by atoms with van der Waals surface area (Å²) in [6, 6.07) is 4.30. The van der Waals surface area contributed by atoms with Crippen molar-refractivity contribution in [1.29, 1.82) is 0 Å². The van der Waals surface area contributed by atoms with Gasteiger partial charge in [0.25, 0.3) is 0 Å². The maximum atomic E-state index is 6.57. The predicted molar refractivity (Wildman–Crippen MR) is 91.0 cm³/mol. The maximum absolute atomic E-state index is 6.57. The maximum Gasteiger partial charge on any atom is 0.137 e. The first-order valence-electron chi connectivity index (χ1n) is 7.09.